The third-order valence-electron chi connectivity index (χ3n) is 12.6. The molecule has 314 valence electrons. The number of hydrogen-bond donors (Lipinski definition) is 0. The van der Waals surface area contributed by atoms with Crippen molar-refractivity contribution in [2.24, 2.45) is 0 Å². The standard InChI is InChI=1S/C62H41N5/c1-40-15-13-23-44(31-40)46-27-29-59-53(33-46)54-34-47(45-24-14-16-41(2)32-45)28-30-60(54)67(59)61-55(51-25-11-9-21-48(51)38-63)35-50(36-56(61)52-26-12-10-22-49(52)39-64)62-65-57(42-17-5-3-6-18-42)37-58(66-62)43-19-7-4-8-20-43/h3-37H,1-2H3. The van der Waals surface area contributed by atoms with E-state index in [0.717, 1.165) is 100 Å². The molecule has 0 amide bonds. The highest BCUT2D eigenvalue weighted by atomic mass is 15.0. The highest BCUT2D eigenvalue weighted by molar-refractivity contribution is 6.13. The Morgan fingerprint density at radius 2 is 0.776 bits per heavy atom. The summed E-state index contributed by atoms with van der Waals surface area (Å²) in [6, 6.07) is 77.8. The number of aromatic nitrogens is 3. The predicted molar refractivity (Wildman–Crippen MR) is 273 cm³/mol. The molecular weight excluding hydrogens is 815 g/mol. The summed E-state index contributed by atoms with van der Waals surface area (Å²) in [6.45, 7) is 4.25. The minimum atomic E-state index is 0.519. The van der Waals surface area contributed by atoms with Crippen LogP contribution in [0.15, 0.2) is 212 Å². The van der Waals surface area contributed by atoms with Gasteiger partial charge in [-0.1, -0.05) is 169 Å². The first-order chi connectivity index (χ1) is 32.9. The van der Waals surface area contributed by atoms with Crippen LogP contribution in [0.25, 0.3) is 106 Å². The molecule has 9 aromatic carbocycles. The maximum atomic E-state index is 10.8. The highest BCUT2D eigenvalue weighted by Gasteiger charge is 2.25. The molecule has 0 atom stereocenters. The number of hydrogen-bond acceptors (Lipinski definition) is 4. The first kappa shape index (κ1) is 40.6. The second kappa shape index (κ2) is 17.1. The lowest BCUT2D eigenvalue weighted by Crippen LogP contribution is -2.04. The number of benzene rings is 9. The number of rotatable bonds is 8. The third kappa shape index (κ3) is 7.51. The second-order valence-corrected chi connectivity index (χ2v) is 17.0. The van der Waals surface area contributed by atoms with Gasteiger partial charge >= 0.3 is 0 Å². The van der Waals surface area contributed by atoms with Gasteiger partial charge < -0.3 is 4.57 Å². The van der Waals surface area contributed by atoms with E-state index in [1.54, 1.807) is 0 Å². The molecule has 0 saturated carbocycles. The van der Waals surface area contributed by atoms with Crippen LogP contribution in [0.3, 0.4) is 0 Å². The van der Waals surface area contributed by atoms with Crippen LogP contribution >= 0.6 is 0 Å². The van der Waals surface area contributed by atoms with E-state index in [2.05, 4.69) is 152 Å². The molecule has 11 aromatic rings. The molecular formula is C62H41N5. The Kier molecular flexibility index (Phi) is 10.4. The largest absolute Gasteiger partial charge is 0.308 e. The fourth-order valence-corrected chi connectivity index (χ4v) is 9.41. The van der Waals surface area contributed by atoms with Gasteiger partial charge in [0, 0.05) is 49.7 Å². The lowest BCUT2D eigenvalue weighted by atomic mass is 9.89. The van der Waals surface area contributed by atoms with Crippen LogP contribution in [-0.2, 0) is 0 Å². The van der Waals surface area contributed by atoms with Gasteiger partial charge in [-0.05, 0) is 90.7 Å². The predicted octanol–water partition coefficient (Wildman–Crippen LogP) is 15.6. The molecule has 11 rings (SSSR count). The van der Waals surface area contributed by atoms with Gasteiger partial charge in [-0.25, -0.2) is 9.97 Å². The van der Waals surface area contributed by atoms with Crippen LogP contribution < -0.4 is 0 Å². The van der Waals surface area contributed by atoms with Crippen molar-refractivity contribution in [2.75, 3.05) is 0 Å². The molecule has 0 bridgehead atoms. The van der Waals surface area contributed by atoms with E-state index in [0.29, 0.717) is 17.0 Å². The van der Waals surface area contributed by atoms with Crippen molar-refractivity contribution in [3.8, 4) is 96.2 Å². The molecule has 0 fully saturated rings. The molecule has 2 heterocycles. The maximum Gasteiger partial charge on any atom is 0.160 e. The summed E-state index contributed by atoms with van der Waals surface area (Å²) >= 11 is 0. The second-order valence-electron chi connectivity index (χ2n) is 17.0. The Hall–Kier alpha value is -9.16. The zero-order valence-corrected chi connectivity index (χ0v) is 36.9. The van der Waals surface area contributed by atoms with E-state index in [-0.39, 0.29) is 0 Å². The smallest absolute Gasteiger partial charge is 0.160 e. The van der Waals surface area contributed by atoms with Gasteiger partial charge in [0.05, 0.1) is 51.4 Å². The fraction of sp³-hybridized carbons (Fsp3) is 0.0323. The summed E-state index contributed by atoms with van der Waals surface area (Å²) in [4.78, 5) is 10.6. The van der Waals surface area contributed by atoms with Crippen molar-refractivity contribution in [1.82, 2.24) is 14.5 Å². The molecule has 0 spiro atoms. The van der Waals surface area contributed by atoms with Crippen molar-refractivity contribution in [1.29, 1.82) is 10.5 Å². The van der Waals surface area contributed by atoms with Crippen molar-refractivity contribution >= 4 is 21.8 Å². The van der Waals surface area contributed by atoms with Gasteiger partial charge in [0.15, 0.2) is 5.82 Å². The minimum absolute atomic E-state index is 0.519. The van der Waals surface area contributed by atoms with E-state index in [1.807, 2.05) is 91.0 Å². The lowest BCUT2D eigenvalue weighted by molar-refractivity contribution is 1.16. The van der Waals surface area contributed by atoms with Gasteiger partial charge in [-0.3, -0.25) is 0 Å². The highest BCUT2D eigenvalue weighted by Crippen LogP contribution is 2.46. The monoisotopic (exact) mass is 855 g/mol. The summed E-state index contributed by atoms with van der Waals surface area (Å²) in [5, 5.41) is 23.8. The zero-order chi connectivity index (χ0) is 45.4. The van der Waals surface area contributed by atoms with Gasteiger partial charge in [0.2, 0.25) is 0 Å². The Morgan fingerprint density at radius 3 is 1.22 bits per heavy atom. The van der Waals surface area contributed by atoms with Crippen LogP contribution in [0.2, 0.25) is 0 Å². The first-order valence-electron chi connectivity index (χ1n) is 22.3. The molecule has 0 aliphatic carbocycles. The van der Waals surface area contributed by atoms with Crippen LogP contribution in [0, 0.1) is 36.5 Å². The normalized spacial score (nSPS) is 11.1. The molecule has 0 saturated heterocycles. The summed E-state index contributed by atoms with van der Waals surface area (Å²) in [5.41, 5.74) is 18.1. The number of nitriles is 2. The first-order valence-corrected chi connectivity index (χ1v) is 22.3. The summed E-state index contributed by atoms with van der Waals surface area (Å²) in [7, 11) is 0. The van der Waals surface area contributed by atoms with Crippen molar-refractivity contribution in [3.05, 3.63) is 235 Å². The van der Waals surface area contributed by atoms with Crippen LogP contribution in [0.1, 0.15) is 22.3 Å². The average Bonchev–Trinajstić information content (AvgIpc) is 3.71. The average molecular weight is 856 g/mol. The minimum Gasteiger partial charge on any atom is -0.308 e. The van der Waals surface area contributed by atoms with E-state index in [1.165, 1.54) is 11.1 Å². The molecule has 67 heavy (non-hydrogen) atoms. The Morgan fingerprint density at radius 1 is 0.358 bits per heavy atom. The molecule has 5 nitrogen and oxygen atoms in total. The topological polar surface area (TPSA) is 78.3 Å². The Labute approximate surface area is 389 Å². The van der Waals surface area contributed by atoms with Crippen LogP contribution in [0.4, 0.5) is 0 Å². The number of fused-ring (bicyclic) bond motifs is 3. The van der Waals surface area contributed by atoms with Gasteiger partial charge in [-0.2, -0.15) is 10.5 Å². The van der Waals surface area contributed by atoms with Crippen molar-refractivity contribution < 1.29 is 0 Å². The molecule has 2 aromatic heterocycles. The van der Waals surface area contributed by atoms with Gasteiger partial charge in [-0.15, -0.1) is 0 Å². The summed E-state index contributed by atoms with van der Waals surface area (Å²) in [5.74, 6) is 0.519. The third-order valence-corrected chi connectivity index (χ3v) is 12.6. The molecule has 0 aliphatic heterocycles. The molecule has 0 radical (unpaired) electrons. The van der Waals surface area contributed by atoms with E-state index in [4.69, 9.17) is 9.97 Å². The summed E-state index contributed by atoms with van der Waals surface area (Å²) < 4.78 is 2.33. The molecule has 0 unspecified atom stereocenters. The van der Waals surface area contributed by atoms with Crippen molar-refractivity contribution in [3.63, 3.8) is 0 Å². The van der Waals surface area contributed by atoms with Crippen LogP contribution in [0.5, 0.6) is 0 Å². The number of aryl methyl sites for hydroxylation is 2. The van der Waals surface area contributed by atoms with E-state index < -0.39 is 0 Å². The molecule has 5 heteroatoms. The van der Waals surface area contributed by atoms with Crippen molar-refractivity contribution in [2.45, 2.75) is 13.8 Å². The molecule has 0 aliphatic rings. The summed E-state index contributed by atoms with van der Waals surface area (Å²) in [6.07, 6.45) is 0. The Bertz CT molecular complexity index is 3550. The SMILES string of the molecule is Cc1cccc(-c2ccc3c(c2)c2cc(-c4cccc(C)c4)ccc2n3-c2c(-c3ccccc3C#N)cc(-c3nc(-c4ccccc4)cc(-c4ccccc4)n3)cc2-c2ccccc2C#N)c1. The van der Waals surface area contributed by atoms with Gasteiger partial charge in [0.1, 0.15) is 0 Å². The number of nitrogens with zero attached hydrogens (tertiary/aromatic N) is 5. The molecule has 0 N–H and O–H groups in total. The fourth-order valence-electron chi connectivity index (χ4n) is 9.41. The quantitative estimate of drug-likeness (QED) is 0.152. The van der Waals surface area contributed by atoms with Gasteiger partial charge in [0.25, 0.3) is 0 Å². The lowest BCUT2D eigenvalue weighted by Gasteiger charge is -2.22. The Balaban J connectivity index is 1.28. The van der Waals surface area contributed by atoms with E-state index in [9.17, 15) is 10.5 Å². The maximum absolute atomic E-state index is 10.8. The van der Waals surface area contributed by atoms with Crippen LogP contribution in [-0.4, -0.2) is 14.5 Å². The van der Waals surface area contributed by atoms with E-state index >= 15 is 0 Å². The zero-order valence-electron chi connectivity index (χ0n) is 36.9.